The van der Waals surface area contributed by atoms with E-state index in [1.165, 1.54) is 55.8 Å². The van der Waals surface area contributed by atoms with E-state index in [-0.39, 0.29) is 11.2 Å². The van der Waals surface area contributed by atoms with E-state index in [2.05, 4.69) is 28.1 Å². The van der Waals surface area contributed by atoms with Crippen molar-refractivity contribution in [3.63, 3.8) is 0 Å². The molecule has 2 fully saturated rings. The summed E-state index contributed by atoms with van der Waals surface area (Å²) >= 11 is 3.94. The highest BCUT2D eigenvalue weighted by atomic mass is 79.9. The number of ether oxygens (including phenoxy) is 1. The van der Waals surface area contributed by atoms with E-state index in [9.17, 15) is 0 Å². The Labute approximate surface area is 111 Å². The van der Waals surface area contributed by atoms with Gasteiger partial charge in [0.2, 0.25) is 0 Å². The summed E-state index contributed by atoms with van der Waals surface area (Å²) in [5.41, 5.74) is 1.61. The Kier molecular flexibility index (Phi) is 2.21. The first-order valence-corrected chi connectivity index (χ1v) is 7.85. The molecule has 0 aromatic carbocycles. The number of rotatable bonds is 0. The van der Waals surface area contributed by atoms with Crippen molar-refractivity contribution in [2.45, 2.75) is 62.6 Å². The molecule has 2 aliphatic carbocycles. The van der Waals surface area contributed by atoms with Crippen LogP contribution in [0.3, 0.4) is 0 Å². The van der Waals surface area contributed by atoms with Gasteiger partial charge < -0.3 is 4.74 Å². The van der Waals surface area contributed by atoms with Crippen LogP contribution in [0.5, 0.6) is 0 Å². The zero-order valence-electron chi connectivity index (χ0n) is 10.2. The first kappa shape index (κ1) is 10.8. The van der Waals surface area contributed by atoms with Gasteiger partial charge in [0.15, 0.2) is 0 Å². The Morgan fingerprint density at radius 3 is 2.94 bits per heavy atom. The number of halogens is 1. The summed E-state index contributed by atoms with van der Waals surface area (Å²) in [5.74, 6) is 0.608. The number of hydrogen-bond donors (Lipinski definition) is 0. The second-order valence-electron chi connectivity index (χ2n) is 6.11. The Bertz CT molecular complexity index is 425. The summed E-state index contributed by atoms with van der Waals surface area (Å²) in [6.45, 7) is 0. The van der Waals surface area contributed by atoms with Crippen LogP contribution in [0.15, 0.2) is 22.2 Å². The largest absolute Gasteiger partial charge is 0.355 e. The minimum Gasteiger partial charge on any atom is -0.355 e. The minimum atomic E-state index is -0.00900. The fourth-order valence-corrected chi connectivity index (χ4v) is 5.54. The molecule has 0 amide bonds. The van der Waals surface area contributed by atoms with Gasteiger partial charge in [-0.15, -0.1) is 0 Å². The lowest BCUT2D eigenvalue weighted by Crippen LogP contribution is -2.50. The van der Waals surface area contributed by atoms with E-state index >= 15 is 0 Å². The fraction of sp³-hybridized carbons (Fsp3) is 0.733. The molecule has 2 heteroatoms. The predicted molar refractivity (Wildman–Crippen MR) is 72.1 cm³/mol. The smallest absolute Gasteiger partial charge is 0.110 e. The van der Waals surface area contributed by atoms with Crippen LogP contribution in [0, 0.1) is 5.92 Å². The Balaban J connectivity index is 1.87. The molecule has 0 radical (unpaired) electrons. The first-order chi connectivity index (χ1) is 8.26. The lowest BCUT2D eigenvalue weighted by Gasteiger charge is -2.50. The molecule has 1 nitrogen and oxygen atoms in total. The molecule has 2 spiro atoms. The molecule has 2 bridgehead atoms. The van der Waals surface area contributed by atoms with Crippen molar-refractivity contribution in [2.24, 2.45) is 5.92 Å². The lowest BCUT2D eigenvalue weighted by atomic mass is 9.71. The molecule has 17 heavy (non-hydrogen) atoms. The summed E-state index contributed by atoms with van der Waals surface area (Å²) in [6, 6.07) is 0. The minimum absolute atomic E-state index is 0.00900. The molecule has 0 saturated heterocycles. The number of hydrogen-bond acceptors (Lipinski definition) is 1. The van der Waals surface area contributed by atoms with Crippen LogP contribution in [0.1, 0.15) is 51.4 Å². The summed E-state index contributed by atoms with van der Waals surface area (Å²) in [5, 5.41) is 0. The maximum atomic E-state index is 6.65. The second kappa shape index (κ2) is 3.48. The topological polar surface area (TPSA) is 9.23 Å². The van der Waals surface area contributed by atoms with Crippen LogP contribution in [-0.4, -0.2) is 11.2 Å². The highest BCUT2D eigenvalue weighted by Gasteiger charge is 2.57. The normalized spacial score (nSPS) is 47.9. The van der Waals surface area contributed by atoms with Gasteiger partial charge in [0.05, 0.1) is 5.60 Å². The van der Waals surface area contributed by atoms with Crippen molar-refractivity contribution in [1.82, 2.24) is 0 Å². The molecule has 4 rings (SSSR count). The van der Waals surface area contributed by atoms with E-state index in [4.69, 9.17) is 4.74 Å². The van der Waals surface area contributed by atoms with Gasteiger partial charge in [-0.05, 0) is 50.2 Å². The van der Waals surface area contributed by atoms with Gasteiger partial charge in [-0.2, -0.15) is 0 Å². The van der Waals surface area contributed by atoms with Crippen LogP contribution in [0.25, 0.3) is 0 Å². The molecule has 0 aromatic heterocycles. The van der Waals surface area contributed by atoms with E-state index in [1.807, 2.05) is 0 Å². The SMILES string of the molecule is BrC1=C2CCCC[C@]23C=C[C@@]2(CCCC[C@H]12)O3. The van der Waals surface area contributed by atoms with Gasteiger partial charge in [0.25, 0.3) is 0 Å². The maximum Gasteiger partial charge on any atom is 0.110 e. The molecule has 2 heterocycles. The van der Waals surface area contributed by atoms with Gasteiger partial charge in [0.1, 0.15) is 5.60 Å². The molecule has 2 aliphatic heterocycles. The van der Waals surface area contributed by atoms with Crippen molar-refractivity contribution in [3.8, 4) is 0 Å². The standard InChI is InChI=1S/C15H19BrO/c16-13-11-5-1-3-7-14(11)9-10-15(17-14)8-4-2-6-12(13)15/h9-11H,1-8H2/t11-,14-,15+/m1/s1. The van der Waals surface area contributed by atoms with Crippen molar-refractivity contribution in [1.29, 1.82) is 0 Å². The third-order valence-corrected chi connectivity index (χ3v) is 6.27. The Morgan fingerprint density at radius 2 is 2.00 bits per heavy atom. The van der Waals surface area contributed by atoms with Crippen molar-refractivity contribution >= 4 is 15.9 Å². The zero-order chi connectivity index (χ0) is 11.5. The van der Waals surface area contributed by atoms with Gasteiger partial charge in [0, 0.05) is 10.4 Å². The van der Waals surface area contributed by atoms with Crippen molar-refractivity contribution < 1.29 is 4.74 Å². The monoisotopic (exact) mass is 294 g/mol. The summed E-state index contributed by atoms with van der Waals surface area (Å²) in [6.07, 6.45) is 15.1. The molecular weight excluding hydrogens is 276 g/mol. The maximum absolute atomic E-state index is 6.65. The lowest BCUT2D eigenvalue weighted by molar-refractivity contribution is -0.127. The summed E-state index contributed by atoms with van der Waals surface area (Å²) < 4.78 is 8.16. The third kappa shape index (κ3) is 1.29. The molecule has 0 unspecified atom stereocenters. The van der Waals surface area contributed by atoms with Crippen molar-refractivity contribution in [2.75, 3.05) is 0 Å². The molecule has 4 aliphatic rings. The Morgan fingerprint density at radius 1 is 1.12 bits per heavy atom. The molecule has 2 saturated carbocycles. The highest BCUT2D eigenvalue weighted by Crippen LogP contribution is 2.59. The molecule has 92 valence electrons. The van der Waals surface area contributed by atoms with E-state index in [0.717, 1.165) is 0 Å². The van der Waals surface area contributed by atoms with Crippen LogP contribution in [-0.2, 0) is 4.74 Å². The van der Waals surface area contributed by atoms with Gasteiger partial charge >= 0.3 is 0 Å². The predicted octanol–water partition coefficient (Wildman–Crippen LogP) is 4.48. The van der Waals surface area contributed by atoms with E-state index < -0.39 is 0 Å². The van der Waals surface area contributed by atoms with E-state index in [0.29, 0.717) is 5.92 Å². The van der Waals surface area contributed by atoms with Crippen LogP contribution in [0.2, 0.25) is 0 Å². The van der Waals surface area contributed by atoms with Crippen molar-refractivity contribution in [3.05, 3.63) is 22.2 Å². The van der Waals surface area contributed by atoms with Crippen LogP contribution < -0.4 is 0 Å². The summed E-state index contributed by atoms with van der Waals surface area (Å²) in [7, 11) is 0. The molecular formula is C15H19BrO. The molecule has 3 atom stereocenters. The quantitative estimate of drug-likeness (QED) is 0.599. The van der Waals surface area contributed by atoms with E-state index in [1.54, 1.807) is 5.57 Å². The average Bonchev–Trinajstić information content (AvgIpc) is 2.65. The molecule has 0 aromatic rings. The van der Waals surface area contributed by atoms with Gasteiger partial charge in [-0.25, -0.2) is 0 Å². The summed E-state index contributed by atoms with van der Waals surface area (Å²) in [4.78, 5) is 0. The highest BCUT2D eigenvalue weighted by molar-refractivity contribution is 9.11. The third-order valence-electron chi connectivity index (χ3n) is 5.24. The second-order valence-corrected chi connectivity index (χ2v) is 6.97. The first-order valence-electron chi connectivity index (χ1n) is 7.05. The van der Waals surface area contributed by atoms with Crippen LogP contribution in [0.4, 0.5) is 0 Å². The Hall–Kier alpha value is -0.0800. The van der Waals surface area contributed by atoms with Gasteiger partial charge in [-0.1, -0.05) is 34.8 Å². The van der Waals surface area contributed by atoms with Crippen LogP contribution >= 0.6 is 15.9 Å². The zero-order valence-corrected chi connectivity index (χ0v) is 11.8. The fourth-order valence-electron chi connectivity index (χ4n) is 4.39. The van der Waals surface area contributed by atoms with Gasteiger partial charge in [-0.3, -0.25) is 0 Å². The average molecular weight is 295 g/mol. The molecule has 0 N–H and O–H groups in total.